The maximum absolute atomic E-state index is 10.4. The molecule has 0 saturated carbocycles. The number of aldehydes is 1. The molecule has 4 N–H and O–H groups in total. The zero-order valence-corrected chi connectivity index (χ0v) is 9.14. The number of aliphatic carboxylic acids is 1. The first-order valence-electron chi connectivity index (χ1n) is 3.86. The number of carboxylic acids is 1. The van der Waals surface area contributed by atoms with Crippen LogP contribution in [-0.4, -0.2) is 46.1 Å². The summed E-state index contributed by atoms with van der Waals surface area (Å²) in [5.74, 6) is -0.118. The minimum absolute atomic E-state index is 0.0788. The number of aliphatic hydroxyl groups is 1. The van der Waals surface area contributed by atoms with E-state index in [2.05, 4.69) is 0 Å². The van der Waals surface area contributed by atoms with Gasteiger partial charge in [0.05, 0.1) is 13.0 Å². The molecule has 0 fully saturated rings. The molecule has 0 unspecified atom stereocenters. The van der Waals surface area contributed by atoms with Crippen LogP contribution in [0.15, 0.2) is 0 Å². The van der Waals surface area contributed by atoms with Crippen molar-refractivity contribution in [1.29, 1.82) is 0 Å². The number of hydrogen-bond acceptors (Lipinski definition) is 6. The highest BCUT2D eigenvalue weighted by molar-refractivity contribution is 8.76. The van der Waals surface area contributed by atoms with E-state index < -0.39 is 18.1 Å². The van der Waals surface area contributed by atoms with E-state index in [9.17, 15) is 9.59 Å². The van der Waals surface area contributed by atoms with Crippen molar-refractivity contribution in [3.63, 3.8) is 0 Å². The number of hydrogen-bond donors (Lipinski definition) is 3. The molecule has 5 nitrogen and oxygen atoms in total. The lowest BCUT2D eigenvalue weighted by molar-refractivity contribution is -0.136. The van der Waals surface area contributed by atoms with E-state index in [0.29, 0.717) is 12.0 Å². The summed E-state index contributed by atoms with van der Waals surface area (Å²) in [6, 6.07) is 0. The minimum atomic E-state index is -1.21. The van der Waals surface area contributed by atoms with Crippen LogP contribution in [-0.2, 0) is 9.59 Å². The van der Waals surface area contributed by atoms with Gasteiger partial charge in [-0.2, -0.15) is 0 Å². The molecule has 0 aliphatic rings. The summed E-state index contributed by atoms with van der Waals surface area (Å²) in [6.45, 7) is -0.400. The summed E-state index contributed by atoms with van der Waals surface area (Å²) in [5, 5.41) is 17.1. The van der Waals surface area contributed by atoms with Crippen molar-refractivity contribution in [2.45, 2.75) is 12.0 Å². The molecule has 0 aliphatic carbocycles. The lowest BCUT2D eigenvalue weighted by Crippen LogP contribution is -2.47. The summed E-state index contributed by atoms with van der Waals surface area (Å²) in [5.41, 5.74) is 4.26. The Morgan fingerprint density at radius 2 is 2.14 bits per heavy atom. The largest absolute Gasteiger partial charge is 0.481 e. The van der Waals surface area contributed by atoms with Crippen molar-refractivity contribution < 1.29 is 19.8 Å². The Hall–Kier alpha value is -0.240. The van der Waals surface area contributed by atoms with Crippen LogP contribution in [0.1, 0.15) is 6.42 Å². The van der Waals surface area contributed by atoms with Crippen molar-refractivity contribution in [2.75, 3.05) is 18.1 Å². The van der Waals surface area contributed by atoms with Gasteiger partial charge < -0.3 is 20.7 Å². The SMILES string of the molecule is N[C@@](C=O)(CO)CSSCCC(=O)O. The van der Waals surface area contributed by atoms with Crippen molar-refractivity contribution in [1.82, 2.24) is 0 Å². The quantitative estimate of drug-likeness (QED) is 0.304. The summed E-state index contributed by atoms with van der Waals surface area (Å²) in [7, 11) is 2.61. The van der Waals surface area contributed by atoms with E-state index in [-0.39, 0.29) is 12.2 Å². The topological polar surface area (TPSA) is 101 Å². The monoisotopic (exact) mass is 239 g/mol. The summed E-state index contributed by atoms with van der Waals surface area (Å²) < 4.78 is 0. The van der Waals surface area contributed by atoms with Crippen LogP contribution < -0.4 is 5.73 Å². The molecule has 0 aromatic heterocycles. The molecule has 0 aliphatic heterocycles. The Labute approximate surface area is 89.8 Å². The zero-order valence-electron chi connectivity index (χ0n) is 7.51. The lowest BCUT2D eigenvalue weighted by atomic mass is 10.1. The van der Waals surface area contributed by atoms with E-state index >= 15 is 0 Å². The van der Waals surface area contributed by atoms with Gasteiger partial charge in [-0.15, -0.1) is 0 Å². The van der Waals surface area contributed by atoms with Crippen LogP contribution in [0.25, 0.3) is 0 Å². The highest BCUT2D eigenvalue weighted by Crippen LogP contribution is 2.24. The van der Waals surface area contributed by atoms with E-state index in [1.807, 2.05) is 0 Å². The number of aliphatic hydroxyl groups excluding tert-OH is 1. The minimum Gasteiger partial charge on any atom is -0.481 e. The predicted octanol–water partition coefficient (Wildman–Crippen LogP) is -0.269. The molecule has 0 radical (unpaired) electrons. The highest BCUT2D eigenvalue weighted by atomic mass is 33.1. The second-order valence-electron chi connectivity index (χ2n) is 2.74. The van der Waals surface area contributed by atoms with Crippen LogP contribution in [0.5, 0.6) is 0 Å². The molecule has 14 heavy (non-hydrogen) atoms. The molecule has 7 heteroatoms. The van der Waals surface area contributed by atoms with Crippen molar-refractivity contribution in [2.24, 2.45) is 5.73 Å². The molecule has 82 valence electrons. The van der Waals surface area contributed by atoms with Gasteiger partial charge in [0, 0.05) is 11.5 Å². The Morgan fingerprint density at radius 1 is 1.50 bits per heavy atom. The van der Waals surface area contributed by atoms with E-state index in [0.717, 1.165) is 0 Å². The Kier molecular flexibility index (Phi) is 6.98. The van der Waals surface area contributed by atoms with Gasteiger partial charge in [-0.3, -0.25) is 4.79 Å². The third kappa shape index (κ3) is 6.25. The molecule has 0 saturated heterocycles. The van der Waals surface area contributed by atoms with Gasteiger partial charge in [0.1, 0.15) is 11.8 Å². The number of rotatable bonds is 8. The van der Waals surface area contributed by atoms with Gasteiger partial charge in [-0.05, 0) is 0 Å². The number of carboxylic acid groups (broad SMARTS) is 1. The number of nitrogens with two attached hydrogens (primary N) is 1. The van der Waals surface area contributed by atoms with Gasteiger partial charge in [0.15, 0.2) is 0 Å². The third-order valence-corrected chi connectivity index (χ3v) is 3.89. The second kappa shape index (κ2) is 7.10. The van der Waals surface area contributed by atoms with E-state index in [4.69, 9.17) is 15.9 Å². The van der Waals surface area contributed by atoms with Crippen LogP contribution in [0.2, 0.25) is 0 Å². The first-order chi connectivity index (χ1) is 6.54. The molecular formula is C7H13NO4S2. The zero-order chi connectivity index (χ0) is 11.0. The van der Waals surface area contributed by atoms with E-state index in [1.165, 1.54) is 21.6 Å². The second-order valence-corrected chi connectivity index (χ2v) is 5.32. The Morgan fingerprint density at radius 3 is 2.57 bits per heavy atom. The van der Waals surface area contributed by atoms with Gasteiger partial charge in [-0.25, -0.2) is 0 Å². The maximum Gasteiger partial charge on any atom is 0.304 e. The lowest BCUT2D eigenvalue weighted by Gasteiger charge is -2.18. The molecule has 1 atom stereocenters. The molecular weight excluding hydrogens is 226 g/mol. The standard InChI is InChI=1S/C7H13NO4S2/c8-7(3-9,4-10)5-14-13-2-1-6(11)12/h3,10H,1-2,4-5,8H2,(H,11,12)/t7-/m0/s1. The van der Waals surface area contributed by atoms with Gasteiger partial charge in [0.25, 0.3) is 0 Å². The summed E-state index contributed by atoms with van der Waals surface area (Å²) in [4.78, 5) is 20.6. The molecule has 0 spiro atoms. The Balaban J connectivity index is 3.52. The van der Waals surface area contributed by atoms with Gasteiger partial charge in [0.2, 0.25) is 0 Å². The fourth-order valence-electron chi connectivity index (χ4n) is 0.456. The van der Waals surface area contributed by atoms with Gasteiger partial charge in [-0.1, -0.05) is 21.6 Å². The van der Waals surface area contributed by atoms with Crippen LogP contribution in [0, 0.1) is 0 Å². The molecule has 0 aromatic rings. The first kappa shape index (κ1) is 13.8. The fraction of sp³-hybridized carbons (Fsp3) is 0.714. The van der Waals surface area contributed by atoms with Crippen LogP contribution in [0.4, 0.5) is 0 Å². The smallest absolute Gasteiger partial charge is 0.304 e. The maximum atomic E-state index is 10.4. The fourth-order valence-corrected chi connectivity index (χ4v) is 2.81. The average Bonchev–Trinajstić information content (AvgIpc) is 2.16. The van der Waals surface area contributed by atoms with Gasteiger partial charge >= 0.3 is 5.97 Å². The molecule has 0 aromatic carbocycles. The van der Waals surface area contributed by atoms with Crippen LogP contribution >= 0.6 is 21.6 Å². The highest BCUT2D eigenvalue weighted by Gasteiger charge is 2.23. The summed E-state index contributed by atoms with van der Waals surface area (Å²) >= 11 is 0. The normalized spacial score (nSPS) is 14.7. The number of carbonyl (C=O) groups is 2. The average molecular weight is 239 g/mol. The predicted molar refractivity (Wildman–Crippen MR) is 57.2 cm³/mol. The van der Waals surface area contributed by atoms with Crippen molar-refractivity contribution in [3.8, 4) is 0 Å². The molecule has 0 bridgehead atoms. The molecule has 0 heterocycles. The molecule has 0 rings (SSSR count). The Bertz CT molecular complexity index is 202. The first-order valence-corrected chi connectivity index (χ1v) is 6.35. The number of carbonyl (C=O) groups excluding carboxylic acids is 1. The molecule has 0 amide bonds. The third-order valence-electron chi connectivity index (χ3n) is 1.34. The summed E-state index contributed by atoms with van der Waals surface area (Å²) in [6.07, 6.45) is 0.590. The van der Waals surface area contributed by atoms with Crippen molar-refractivity contribution in [3.05, 3.63) is 0 Å². The van der Waals surface area contributed by atoms with Crippen LogP contribution in [0.3, 0.4) is 0 Å². The van der Waals surface area contributed by atoms with E-state index in [1.54, 1.807) is 0 Å². The van der Waals surface area contributed by atoms with Crippen molar-refractivity contribution >= 4 is 33.8 Å².